The molecule has 2 aromatic heterocycles. The zero-order chi connectivity index (χ0) is 14.7. The Morgan fingerprint density at radius 2 is 2.25 bits per heavy atom. The summed E-state index contributed by atoms with van der Waals surface area (Å²) in [5.41, 5.74) is 6.72. The molecule has 0 aliphatic rings. The van der Waals surface area contributed by atoms with Crippen molar-refractivity contribution in [1.82, 2.24) is 4.98 Å². The summed E-state index contributed by atoms with van der Waals surface area (Å²) in [5.74, 6) is 0.122. The summed E-state index contributed by atoms with van der Waals surface area (Å²) in [6, 6.07) is 5.75. The average Bonchev–Trinajstić information content (AvgIpc) is 2.99. The number of carbonyl (C=O) groups excluding carboxylic acids is 1. The van der Waals surface area contributed by atoms with Crippen molar-refractivity contribution in [2.24, 2.45) is 0 Å². The minimum atomic E-state index is -0.455. The number of carbonyl (C=O) groups is 1. The molecule has 1 atom stereocenters. The molecule has 2 heterocycles. The van der Waals surface area contributed by atoms with Crippen LogP contribution in [0, 0.1) is 0 Å². The molecule has 5 nitrogen and oxygen atoms in total. The van der Waals surface area contributed by atoms with E-state index < -0.39 is 5.97 Å². The Morgan fingerprint density at radius 1 is 1.50 bits per heavy atom. The van der Waals surface area contributed by atoms with Gasteiger partial charge in [-0.25, -0.2) is 9.78 Å². The molecule has 0 saturated carbocycles. The molecule has 2 rings (SSSR count). The Hall–Kier alpha value is -2.08. The van der Waals surface area contributed by atoms with Crippen molar-refractivity contribution in [1.29, 1.82) is 0 Å². The summed E-state index contributed by atoms with van der Waals surface area (Å²) in [6.07, 6.45) is 1.57. The standard InChI is InChI=1S/C14H17N3O2S/c1-9(11-5-4-8-20-11)17(2)13-12(15)10(6-7-16-13)14(18)19-3/h4-9H,15H2,1-3H3. The van der Waals surface area contributed by atoms with E-state index in [4.69, 9.17) is 10.5 Å². The number of rotatable bonds is 4. The second-order valence-corrected chi connectivity index (χ2v) is 5.37. The van der Waals surface area contributed by atoms with Crippen LogP contribution >= 0.6 is 11.3 Å². The van der Waals surface area contributed by atoms with Gasteiger partial charge in [0.2, 0.25) is 0 Å². The van der Waals surface area contributed by atoms with Gasteiger partial charge < -0.3 is 15.4 Å². The van der Waals surface area contributed by atoms with Crippen LogP contribution in [0.4, 0.5) is 11.5 Å². The van der Waals surface area contributed by atoms with Crippen LogP contribution in [0.1, 0.15) is 28.2 Å². The molecule has 2 N–H and O–H groups in total. The van der Waals surface area contributed by atoms with Crippen LogP contribution < -0.4 is 10.6 Å². The highest BCUT2D eigenvalue weighted by molar-refractivity contribution is 7.10. The SMILES string of the molecule is COC(=O)c1ccnc(N(C)C(C)c2cccs2)c1N. The second-order valence-electron chi connectivity index (χ2n) is 4.39. The molecule has 0 amide bonds. The lowest BCUT2D eigenvalue weighted by Crippen LogP contribution is -2.24. The van der Waals surface area contributed by atoms with Gasteiger partial charge in [-0.1, -0.05) is 6.07 Å². The van der Waals surface area contributed by atoms with E-state index in [-0.39, 0.29) is 6.04 Å². The Bertz CT molecular complexity index is 598. The van der Waals surface area contributed by atoms with Gasteiger partial charge >= 0.3 is 5.97 Å². The predicted octanol–water partition coefficient (Wildman–Crippen LogP) is 2.71. The molecule has 0 fully saturated rings. The van der Waals surface area contributed by atoms with Crippen molar-refractivity contribution in [3.8, 4) is 0 Å². The monoisotopic (exact) mass is 291 g/mol. The van der Waals surface area contributed by atoms with Crippen LogP contribution in [0.25, 0.3) is 0 Å². The molecule has 0 radical (unpaired) electrons. The molecule has 106 valence electrons. The zero-order valence-electron chi connectivity index (χ0n) is 11.7. The molecule has 0 spiro atoms. The zero-order valence-corrected chi connectivity index (χ0v) is 12.5. The Morgan fingerprint density at radius 3 is 2.85 bits per heavy atom. The van der Waals surface area contributed by atoms with Crippen LogP contribution in [-0.2, 0) is 4.74 Å². The third-order valence-electron chi connectivity index (χ3n) is 3.24. The Balaban J connectivity index is 2.35. The van der Waals surface area contributed by atoms with Gasteiger partial charge in [0.15, 0.2) is 5.82 Å². The highest BCUT2D eigenvalue weighted by atomic mass is 32.1. The van der Waals surface area contributed by atoms with Crippen molar-refractivity contribution in [3.05, 3.63) is 40.2 Å². The largest absolute Gasteiger partial charge is 0.465 e. The number of nitrogens with two attached hydrogens (primary N) is 1. The first-order valence-electron chi connectivity index (χ1n) is 6.15. The number of pyridine rings is 1. The van der Waals surface area contributed by atoms with E-state index >= 15 is 0 Å². The maximum atomic E-state index is 11.7. The van der Waals surface area contributed by atoms with Crippen molar-refractivity contribution in [2.45, 2.75) is 13.0 Å². The third-order valence-corrected chi connectivity index (χ3v) is 4.29. The normalized spacial score (nSPS) is 11.9. The number of aromatic nitrogens is 1. The van der Waals surface area contributed by atoms with E-state index in [0.717, 1.165) is 0 Å². The number of anilines is 2. The third kappa shape index (κ3) is 2.60. The minimum absolute atomic E-state index is 0.123. The summed E-state index contributed by atoms with van der Waals surface area (Å²) < 4.78 is 4.72. The molecule has 6 heteroatoms. The van der Waals surface area contributed by atoms with Crippen molar-refractivity contribution >= 4 is 28.8 Å². The minimum Gasteiger partial charge on any atom is -0.465 e. The van der Waals surface area contributed by atoms with E-state index in [9.17, 15) is 4.79 Å². The number of hydrogen-bond donors (Lipinski definition) is 1. The van der Waals surface area contributed by atoms with E-state index in [0.29, 0.717) is 17.1 Å². The van der Waals surface area contributed by atoms with Gasteiger partial charge in [0.25, 0.3) is 0 Å². The van der Waals surface area contributed by atoms with Crippen molar-refractivity contribution < 1.29 is 9.53 Å². The Kier molecular flexibility index (Phi) is 4.24. The fraction of sp³-hybridized carbons (Fsp3) is 0.286. The van der Waals surface area contributed by atoms with Gasteiger partial charge in [-0.15, -0.1) is 11.3 Å². The van der Waals surface area contributed by atoms with E-state index in [2.05, 4.69) is 18.0 Å². The maximum absolute atomic E-state index is 11.7. The first-order chi connectivity index (χ1) is 9.56. The number of esters is 1. The molecule has 0 saturated heterocycles. The van der Waals surface area contributed by atoms with Crippen molar-refractivity contribution in [2.75, 3.05) is 24.8 Å². The van der Waals surface area contributed by atoms with Crippen LogP contribution in [0.3, 0.4) is 0 Å². The quantitative estimate of drug-likeness (QED) is 0.877. The number of nitrogen functional groups attached to an aromatic ring is 1. The smallest absolute Gasteiger partial charge is 0.340 e. The lowest BCUT2D eigenvalue weighted by Gasteiger charge is -2.26. The molecule has 0 aliphatic carbocycles. The van der Waals surface area contributed by atoms with Gasteiger partial charge in [0.05, 0.1) is 24.4 Å². The molecule has 2 aromatic rings. The Labute approximate surface area is 122 Å². The van der Waals surface area contributed by atoms with Gasteiger partial charge in [0.1, 0.15) is 0 Å². The number of methoxy groups -OCH3 is 1. The molecule has 20 heavy (non-hydrogen) atoms. The second kappa shape index (κ2) is 5.92. The first-order valence-corrected chi connectivity index (χ1v) is 7.03. The average molecular weight is 291 g/mol. The predicted molar refractivity (Wildman–Crippen MR) is 81.1 cm³/mol. The molecule has 0 aliphatic heterocycles. The lowest BCUT2D eigenvalue weighted by molar-refractivity contribution is 0.0602. The fourth-order valence-corrected chi connectivity index (χ4v) is 2.76. The fourth-order valence-electron chi connectivity index (χ4n) is 1.93. The summed E-state index contributed by atoms with van der Waals surface area (Å²) in [6.45, 7) is 2.07. The summed E-state index contributed by atoms with van der Waals surface area (Å²) in [5, 5.41) is 2.03. The molecule has 0 bridgehead atoms. The first kappa shape index (κ1) is 14.3. The van der Waals surface area contributed by atoms with Gasteiger partial charge in [-0.3, -0.25) is 0 Å². The number of ether oxygens (including phenoxy) is 1. The van der Waals surface area contributed by atoms with Crippen LogP contribution in [0.2, 0.25) is 0 Å². The number of thiophene rings is 1. The molecular weight excluding hydrogens is 274 g/mol. The molecule has 0 aromatic carbocycles. The molecule has 1 unspecified atom stereocenters. The molecular formula is C14H17N3O2S. The van der Waals surface area contributed by atoms with Crippen LogP contribution in [0.5, 0.6) is 0 Å². The highest BCUT2D eigenvalue weighted by Gasteiger charge is 2.20. The van der Waals surface area contributed by atoms with Crippen LogP contribution in [0.15, 0.2) is 29.8 Å². The highest BCUT2D eigenvalue weighted by Crippen LogP contribution is 2.31. The maximum Gasteiger partial charge on any atom is 0.340 e. The summed E-state index contributed by atoms with van der Waals surface area (Å²) in [7, 11) is 3.24. The number of hydrogen-bond acceptors (Lipinski definition) is 6. The van der Waals surface area contributed by atoms with E-state index in [1.165, 1.54) is 12.0 Å². The van der Waals surface area contributed by atoms with Gasteiger partial charge in [-0.05, 0) is 24.4 Å². The lowest BCUT2D eigenvalue weighted by atomic mass is 10.2. The van der Waals surface area contributed by atoms with E-state index in [1.54, 1.807) is 23.6 Å². The van der Waals surface area contributed by atoms with Crippen LogP contribution in [-0.4, -0.2) is 25.1 Å². The van der Waals surface area contributed by atoms with Gasteiger partial charge in [-0.2, -0.15) is 0 Å². The van der Waals surface area contributed by atoms with E-state index in [1.807, 2.05) is 23.4 Å². The number of nitrogens with zero attached hydrogens (tertiary/aromatic N) is 2. The summed E-state index contributed by atoms with van der Waals surface area (Å²) in [4.78, 5) is 19.1. The van der Waals surface area contributed by atoms with Gasteiger partial charge in [0, 0.05) is 18.1 Å². The summed E-state index contributed by atoms with van der Waals surface area (Å²) >= 11 is 1.67. The van der Waals surface area contributed by atoms with Crippen molar-refractivity contribution in [3.63, 3.8) is 0 Å². The topological polar surface area (TPSA) is 68.5 Å².